The lowest BCUT2D eigenvalue weighted by Crippen LogP contribution is -2.15. The Hall–Kier alpha value is -2.63. The monoisotopic (exact) mass is 283 g/mol. The standard InChI is InChI=1S/C15H17N5O/c1-4-14(21)17-13-9-10(2)18-20(13)15-16-11-7-5-6-8-12(11)19(15)3/h5-9H,4H2,1-3H3,(H,17,21). The number of rotatable bonds is 3. The van der Waals surface area contributed by atoms with Gasteiger partial charge in [0.2, 0.25) is 11.9 Å². The van der Waals surface area contributed by atoms with Crippen molar-refractivity contribution >= 4 is 22.8 Å². The fraction of sp³-hybridized carbons (Fsp3) is 0.267. The second-order valence-corrected chi connectivity index (χ2v) is 4.94. The fourth-order valence-corrected chi connectivity index (χ4v) is 2.29. The lowest BCUT2D eigenvalue weighted by atomic mass is 10.3. The highest BCUT2D eigenvalue weighted by atomic mass is 16.1. The number of nitrogens with zero attached hydrogens (tertiary/aromatic N) is 4. The molecule has 2 aromatic heterocycles. The zero-order valence-corrected chi connectivity index (χ0v) is 12.3. The molecule has 3 aromatic rings. The molecule has 1 N–H and O–H groups in total. The highest BCUT2D eigenvalue weighted by Crippen LogP contribution is 2.21. The minimum atomic E-state index is -0.0464. The number of carbonyl (C=O) groups is 1. The molecule has 1 amide bonds. The van der Waals surface area contributed by atoms with E-state index in [1.807, 2.05) is 55.8 Å². The van der Waals surface area contributed by atoms with Gasteiger partial charge in [-0.25, -0.2) is 4.98 Å². The first kappa shape index (κ1) is 13.4. The fourth-order valence-electron chi connectivity index (χ4n) is 2.29. The van der Waals surface area contributed by atoms with Crippen LogP contribution in [-0.2, 0) is 11.8 Å². The second-order valence-electron chi connectivity index (χ2n) is 4.94. The molecule has 3 rings (SSSR count). The highest BCUT2D eigenvalue weighted by Gasteiger charge is 2.15. The summed E-state index contributed by atoms with van der Waals surface area (Å²) in [5.74, 6) is 1.27. The largest absolute Gasteiger partial charge is 0.311 e. The number of amides is 1. The highest BCUT2D eigenvalue weighted by molar-refractivity contribution is 5.90. The molecule has 1 aromatic carbocycles. The van der Waals surface area contributed by atoms with E-state index in [2.05, 4.69) is 15.4 Å². The molecule has 0 atom stereocenters. The van der Waals surface area contributed by atoms with Crippen molar-refractivity contribution in [3.63, 3.8) is 0 Å². The molecule has 2 heterocycles. The molecular weight excluding hydrogens is 266 g/mol. The molecule has 0 bridgehead atoms. The zero-order chi connectivity index (χ0) is 15.0. The van der Waals surface area contributed by atoms with Gasteiger partial charge in [0.15, 0.2) is 0 Å². The normalized spacial score (nSPS) is 11.0. The van der Waals surface area contributed by atoms with Gasteiger partial charge in [-0.05, 0) is 19.1 Å². The zero-order valence-electron chi connectivity index (χ0n) is 12.3. The Morgan fingerprint density at radius 2 is 2.10 bits per heavy atom. The second kappa shape index (κ2) is 5.05. The Morgan fingerprint density at radius 3 is 2.81 bits per heavy atom. The Morgan fingerprint density at radius 1 is 1.33 bits per heavy atom. The van der Waals surface area contributed by atoms with Crippen LogP contribution in [0.2, 0.25) is 0 Å². The lowest BCUT2D eigenvalue weighted by molar-refractivity contribution is -0.115. The third-order valence-corrected chi connectivity index (χ3v) is 3.37. The molecule has 108 valence electrons. The van der Waals surface area contributed by atoms with E-state index in [1.54, 1.807) is 4.68 Å². The number of nitrogens with one attached hydrogen (secondary N) is 1. The van der Waals surface area contributed by atoms with E-state index < -0.39 is 0 Å². The summed E-state index contributed by atoms with van der Waals surface area (Å²) in [5, 5.41) is 7.30. The molecule has 0 saturated carbocycles. The van der Waals surface area contributed by atoms with Gasteiger partial charge in [0.25, 0.3) is 0 Å². The van der Waals surface area contributed by atoms with E-state index in [-0.39, 0.29) is 5.91 Å². The summed E-state index contributed by atoms with van der Waals surface area (Å²) in [5.41, 5.74) is 2.75. The molecule has 0 spiro atoms. The summed E-state index contributed by atoms with van der Waals surface area (Å²) in [6, 6.07) is 9.73. The van der Waals surface area contributed by atoms with Gasteiger partial charge in [0.1, 0.15) is 5.82 Å². The number of aromatic nitrogens is 4. The molecule has 0 saturated heterocycles. The van der Waals surface area contributed by atoms with Crippen molar-refractivity contribution in [3.8, 4) is 5.95 Å². The van der Waals surface area contributed by atoms with Gasteiger partial charge in [0.05, 0.1) is 16.7 Å². The van der Waals surface area contributed by atoms with E-state index in [0.29, 0.717) is 18.2 Å². The number of anilines is 1. The average molecular weight is 283 g/mol. The maximum atomic E-state index is 11.7. The Balaban J connectivity index is 2.14. The predicted molar refractivity (Wildman–Crippen MR) is 81.5 cm³/mol. The van der Waals surface area contributed by atoms with Gasteiger partial charge in [-0.3, -0.25) is 4.79 Å². The number of benzene rings is 1. The molecule has 0 radical (unpaired) electrons. The number of aryl methyl sites for hydroxylation is 2. The summed E-state index contributed by atoms with van der Waals surface area (Å²) in [6.07, 6.45) is 0.423. The van der Waals surface area contributed by atoms with Gasteiger partial charge in [0, 0.05) is 19.5 Å². The number of hydrogen-bond acceptors (Lipinski definition) is 3. The van der Waals surface area contributed by atoms with Crippen LogP contribution in [0.15, 0.2) is 30.3 Å². The van der Waals surface area contributed by atoms with Crippen LogP contribution in [0.4, 0.5) is 5.82 Å². The van der Waals surface area contributed by atoms with Crippen LogP contribution in [0.5, 0.6) is 0 Å². The third-order valence-electron chi connectivity index (χ3n) is 3.37. The summed E-state index contributed by atoms with van der Waals surface area (Å²) < 4.78 is 3.63. The molecule has 6 nitrogen and oxygen atoms in total. The Labute approximate surface area is 122 Å². The van der Waals surface area contributed by atoms with Crippen LogP contribution in [0.1, 0.15) is 19.0 Å². The maximum absolute atomic E-state index is 11.7. The first-order valence-electron chi connectivity index (χ1n) is 6.88. The van der Waals surface area contributed by atoms with Crippen LogP contribution in [0.3, 0.4) is 0 Å². The molecule has 0 aliphatic rings. The molecule has 21 heavy (non-hydrogen) atoms. The molecule has 6 heteroatoms. The first-order valence-corrected chi connectivity index (χ1v) is 6.88. The summed E-state index contributed by atoms with van der Waals surface area (Å²) in [6.45, 7) is 3.71. The van der Waals surface area contributed by atoms with Crippen molar-refractivity contribution in [2.75, 3.05) is 5.32 Å². The average Bonchev–Trinajstić information content (AvgIpc) is 3.00. The predicted octanol–water partition coefficient (Wildman–Crippen LogP) is 2.42. The van der Waals surface area contributed by atoms with E-state index in [9.17, 15) is 4.79 Å². The molecular formula is C15H17N5O. The van der Waals surface area contributed by atoms with Crippen molar-refractivity contribution in [3.05, 3.63) is 36.0 Å². The van der Waals surface area contributed by atoms with Gasteiger partial charge in [-0.2, -0.15) is 9.78 Å². The van der Waals surface area contributed by atoms with E-state index in [1.165, 1.54) is 0 Å². The van der Waals surface area contributed by atoms with Gasteiger partial charge in [-0.15, -0.1) is 0 Å². The quantitative estimate of drug-likeness (QED) is 0.802. The molecule has 0 aliphatic carbocycles. The van der Waals surface area contributed by atoms with E-state index in [0.717, 1.165) is 16.7 Å². The Kier molecular flexibility index (Phi) is 3.21. The topological polar surface area (TPSA) is 64.7 Å². The smallest absolute Gasteiger partial charge is 0.233 e. The maximum Gasteiger partial charge on any atom is 0.233 e. The summed E-state index contributed by atoms with van der Waals surface area (Å²) in [4.78, 5) is 16.3. The van der Waals surface area contributed by atoms with Crippen molar-refractivity contribution in [2.45, 2.75) is 20.3 Å². The van der Waals surface area contributed by atoms with Gasteiger partial charge < -0.3 is 9.88 Å². The summed E-state index contributed by atoms with van der Waals surface area (Å²) >= 11 is 0. The molecule has 0 fully saturated rings. The number of carbonyl (C=O) groups excluding carboxylic acids is 1. The van der Waals surface area contributed by atoms with E-state index in [4.69, 9.17) is 0 Å². The minimum absolute atomic E-state index is 0.0464. The van der Waals surface area contributed by atoms with Gasteiger partial charge in [-0.1, -0.05) is 19.1 Å². The number of para-hydroxylation sites is 2. The van der Waals surface area contributed by atoms with E-state index >= 15 is 0 Å². The van der Waals surface area contributed by atoms with Crippen LogP contribution >= 0.6 is 0 Å². The van der Waals surface area contributed by atoms with Gasteiger partial charge >= 0.3 is 0 Å². The van der Waals surface area contributed by atoms with Crippen molar-refractivity contribution in [1.29, 1.82) is 0 Å². The van der Waals surface area contributed by atoms with Crippen molar-refractivity contribution < 1.29 is 4.79 Å². The van der Waals surface area contributed by atoms with Crippen LogP contribution in [0.25, 0.3) is 17.0 Å². The van der Waals surface area contributed by atoms with Crippen LogP contribution in [0, 0.1) is 6.92 Å². The molecule has 0 aliphatic heterocycles. The molecule has 0 unspecified atom stereocenters. The number of hydrogen-bond donors (Lipinski definition) is 1. The van der Waals surface area contributed by atoms with Crippen LogP contribution < -0.4 is 5.32 Å². The van der Waals surface area contributed by atoms with Crippen molar-refractivity contribution in [1.82, 2.24) is 19.3 Å². The first-order chi connectivity index (χ1) is 10.1. The number of imidazole rings is 1. The van der Waals surface area contributed by atoms with Crippen LogP contribution in [-0.4, -0.2) is 25.2 Å². The van der Waals surface area contributed by atoms with Crippen molar-refractivity contribution in [2.24, 2.45) is 7.05 Å². The summed E-state index contributed by atoms with van der Waals surface area (Å²) in [7, 11) is 1.94. The minimum Gasteiger partial charge on any atom is -0.311 e. The third kappa shape index (κ3) is 2.29. The lowest BCUT2D eigenvalue weighted by Gasteiger charge is -2.07. The number of fused-ring (bicyclic) bond motifs is 1. The Bertz CT molecular complexity index is 815. The SMILES string of the molecule is CCC(=O)Nc1cc(C)nn1-c1nc2ccccc2n1C.